The molecule has 2 aromatic carbocycles. The van der Waals surface area contributed by atoms with Crippen LogP contribution in [0.3, 0.4) is 0 Å². The second-order valence-corrected chi connectivity index (χ2v) is 8.85. The summed E-state index contributed by atoms with van der Waals surface area (Å²) in [6.45, 7) is 0. The minimum Gasteiger partial charge on any atom is -0.465 e. The van der Waals surface area contributed by atoms with Gasteiger partial charge in [0.05, 0.1) is 17.7 Å². The number of halogens is 1. The monoisotopic (exact) mass is 439 g/mol. The van der Waals surface area contributed by atoms with Gasteiger partial charge >= 0.3 is 5.97 Å². The molecule has 0 bridgehead atoms. The summed E-state index contributed by atoms with van der Waals surface area (Å²) in [6.07, 6.45) is 3.27. The summed E-state index contributed by atoms with van der Waals surface area (Å²) in [4.78, 5) is 14.4. The number of hydrogen-bond acceptors (Lipinski definition) is 6. The number of nitrogens with zero attached hydrogens (tertiary/aromatic N) is 1. The Labute approximate surface area is 158 Å². The van der Waals surface area contributed by atoms with Gasteiger partial charge in [-0.3, -0.25) is 0 Å². The number of fused-ring (bicyclic) bond motifs is 1. The number of anilines is 2. The molecule has 0 amide bonds. The third-order valence-corrected chi connectivity index (χ3v) is 6.72. The number of carbonyl (C=O) groups is 1. The Morgan fingerprint density at radius 2 is 1.96 bits per heavy atom. The molecule has 1 aliphatic rings. The summed E-state index contributed by atoms with van der Waals surface area (Å²) in [7, 11) is -2.79. The summed E-state index contributed by atoms with van der Waals surface area (Å²) < 4.78 is 31.0. The third kappa shape index (κ3) is 3.21. The van der Waals surface area contributed by atoms with Gasteiger partial charge < -0.3 is 9.64 Å². The highest BCUT2D eigenvalue weighted by atomic mass is 79.9. The van der Waals surface area contributed by atoms with Gasteiger partial charge in [0.2, 0.25) is 9.84 Å². The van der Waals surface area contributed by atoms with E-state index in [0.29, 0.717) is 5.69 Å². The number of ether oxygens (including phenoxy) is 1. The van der Waals surface area contributed by atoms with Gasteiger partial charge in [-0.25, -0.2) is 13.2 Å². The summed E-state index contributed by atoms with van der Waals surface area (Å²) in [5.74, 6) is -0.889. The molecule has 0 aromatic heterocycles. The highest BCUT2D eigenvalue weighted by molar-refractivity contribution is 9.10. The maximum Gasteiger partial charge on any atom is 0.351 e. The van der Waals surface area contributed by atoms with Crippen LogP contribution in [0.1, 0.15) is 0 Å². The lowest BCUT2D eigenvalue weighted by Crippen LogP contribution is -2.26. The van der Waals surface area contributed by atoms with Crippen molar-refractivity contribution >= 4 is 54.9 Å². The lowest BCUT2D eigenvalue weighted by Gasteiger charge is -2.29. The Kier molecular flexibility index (Phi) is 4.95. The molecule has 0 atom stereocenters. The van der Waals surface area contributed by atoms with Crippen LogP contribution in [0.4, 0.5) is 11.4 Å². The summed E-state index contributed by atoms with van der Waals surface area (Å²) in [6, 6.07) is 12.5. The van der Waals surface area contributed by atoms with Crippen LogP contribution in [0.5, 0.6) is 0 Å². The first-order valence-electron chi connectivity index (χ1n) is 7.16. The number of thioether (sulfide) groups is 1. The Hall–Kier alpha value is -1.77. The number of rotatable bonds is 3. The van der Waals surface area contributed by atoms with Gasteiger partial charge in [-0.1, -0.05) is 22.0 Å². The van der Waals surface area contributed by atoms with Crippen molar-refractivity contribution in [1.82, 2.24) is 0 Å². The fraction of sp³-hybridized carbons (Fsp3) is 0.118. The van der Waals surface area contributed by atoms with Gasteiger partial charge in [0.1, 0.15) is 0 Å². The third-order valence-electron chi connectivity index (χ3n) is 3.72. The number of hydrogen-bond donors (Lipinski definition) is 0. The zero-order valence-electron chi connectivity index (χ0n) is 13.4. The minimum atomic E-state index is -3.95. The quantitative estimate of drug-likeness (QED) is 0.529. The largest absolute Gasteiger partial charge is 0.465 e. The van der Waals surface area contributed by atoms with E-state index in [-0.39, 0.29) is 9.80 Å². The molecule has 5 nitrogen and oxygen atoms in total. The SMILES string of the molecule is COC(=O)C1=CN(c2cccc(SC)c2)c2cc(Br)ccc2S1(=O)=O. The molecular formula is C17H14BrNO4S2. The van der Waals surface area contributed by atoms with Crippen molar-refractivity contribution in [2.45, 2.75) is 9.79 Å². The Balaban J connectivity index is 2.29. The van der Waals surface area contributed by atoms with Crippen LogP contribution in [0.2, 0.25) is 0 Å². The van der Waals surface area contributed by atoms with Crippen LogP contribution in [-0.2, 0) is 19.4 Å². The van der Waals surface area contributed by atoms with E-state index < -0.39 is 15.8 Å². The fourth-order valence-electron chi connectivity index (χ4n) is 2.52. The van der Waals surface area contributed by atoms with Crippen LogP contribution >= 0.6 is 27.7 Å². The van der Waals surface area contributed by atoms with Crippen LogP contribution in [0.15, 0.2) is 67.8 Å². The highest BCUT2D eigenvalue weighted by Gasteiger charge is 2.36. The molecule has 0 N–H and O–H groups in total. The van der Waals surface area contributed by atoms with E-state index in [1.165, 1.54) is 12.3 Å². The fourth-order valence-corrected chi connectivity index (χ4v) is 4.78. The molecule has 0 aliphatic carbocycles. The number of methoxy groups -OCH3 is 1. The normalized spacial score (nSPS) is 15.3. The number of sulfone groups is 1. The second-order valence-electron chi connectivity index (χ2n) is 5.17. The minimum absolute atomic E-state index is 0.0631. The first-order valence-corrected chi connectivity index (χ1v) is 10.7. The smallest absolute Gasteiger partial charge is 0.351 e. The van der Waals surface area contributed by atoms with Gasteiger partial charge in [0.15, 0.2) is 4.91 Å². The molecular weight excluding hydrogens is 426 g/mol. The van der Waals surface area contributed by atoms with E-state index in [1.54, 1.807) is 28.8 Å². The predicted molar refractivity (Wildman–Crippen MR) is 102 cm³/mol. The molecule has 25 heavy (non-hydrogen) atoms. The maximum atomic E-state index is 12.8. The van der Waals surface area contributed by atoms with Crippen molar-refractivity contribution in [3.05, 3.63) is 58.0 Å². The first-order chi connectivity index (χ1) is 11.9. The van der Waals surface area contributed by atoms with Gasteiger partial charge in [-0.2, -0.15) is 0 Å². The Morgan fingerprint density at radius 1 is 1.20 bits per heavy atom. The van der Waals surface area contributed by atoms with Crippen molar-refractivity contribution in [2.75, 3.05) is 18.3 Å². The Bertz CT molecular complexity index is 986. The molecule has 0 spiro atoms. The first kappa shape index (κ1) is 18.0. The molecule has 0 fully saturated rings. The maximum absolute atomic E-state index is 12.8. The molecule has 0 saturated heterocycles. The molecule has 0 saturated carbocycles. The molecule has 1 heterocycles. The van der Waals surface area contributed by atoms with Crippen molar-refractivity contribution in [3.8, 4) is 0 Å². The molecule has 0 radical (unpaired) electrons. The van der Waals surface area contributed by atoms with E-state index in [2.05, 4.69) is 20.7 Å². The number of benzene rings is 2. The van der Waals surface area contributed by atoms with E-state index in [9.17, 15) is 13.2 Å². The zero-order valence-corrected chi connectivity index (χ0v) is 16.6. The molecule has 8 heteroatoms. The molecule has 3 rings (SSSR count). The average molecular weight is 440 g/mol. The van der Waals surface area contributed by atoms with Crippen LogP contribution in [-0.4, -0.2) is 27.8 Å². The highest BCUT2D eigenvalue weighted by Crippen LogP contribution is 2.41. The molecule has 1 aliphatic heterocycles. The molecule has 2 aromatic rings. The standard InChI is InChI=1S/C17H14BrNO4S2/c1-23-17(20)16-10-19(12-4-3-5-13(9-12)24-2)14-8-11(18)6-7-15(14)25(16,21)22/h3-10H,1-2H3. The zero-order chi connectivity index (χ0) is 18.2. The molecule has 0 unspecified atom stereocenters. The van der Waals surface area contributed by atoms with Crippen LogP contribution < -0.4 is 4.90 Å². The van der Waals surface area contributed by atoms with Gasteiger partial charge in [0.25, 0.3) is 0 Å². The van der Waals surface area contributed by atoms with E-state index in [4.69, 9.17) is 0 Å². The lowest BCUT2D eigenvalue weighted by molar-refractivity contribution is -0.135. The van der Waals surface area contributed by atoms with Gasteiger partial charge in [0, 0.05) is 21.3 Å². The van der Waals surface area contributed by atoms with E-state index >= 15 is 0 Å². The van der Waals surface area contributed by atoms with E-state index in [0.717, 1.165) is 22.2 Å². The van der Waals surface area contributed by atoms with Gasteiger partial charge in [-0.05, 0) is 42.7 Å². The summed E-state index contributed by atoms with van der Waals surface area (Å²) in [5.41, 5.74) is 1.22. The predicted octanol–water partition coefficient (Wildman–Crippen LogP) is 4.11. The number of carbonyl (C=O) groups excluding carboxylic acids is 1. The van der Waals surface area contributed by atoms with Crippen molar-refractivity contribution < 1.29 is 17.9 Å². The molecule has 130 valence electrons. The number of esters is 1. The summed E-state index contributed by atoms with van der Waals surface area (Å²) >= 11 is 4.95. The lowest BCUT2D eigenvalue weighted by atomic mass is 10.2. The summed E-state index contributed by atoms with van der Waals surface area (Å²) in [5, 5.41) is 0. The van der Waals surface area contributed by atoms with Crippen LogP contribution in [0, 0.1) is 0 Å². The average Bonchev–Trinajstić information content (AvgIpc) is 2.61. The van der Waals surface area contributed by atoms with Crippen molar-refractivity contribution in [2.24, 2.45) is 0 Å². The topological polar surface area (TPSA) is 63.7 Å². The van der Waals surface area contributed by atoms with Gasteiger partial charge in [-0.15, -0.1) is 11.8 Å². The Morgan fingerprint density at radius 3 is 2.64 bits per heavy atom. The van der Waals surface area contributed by atoms with Crippen LogP contribution in [0.25, 0.3) is 0 Å². The van der Waals surface area contributed by atoms with E-state index in [1.807, 2.05) is 30.5 Å². The van der Waals surface area contributed by atoms with Crippen molar-refractivity contribution in [3.63, 3.8) is 0 Å². The second kappa shape index (κ2) is 6.86. The van der Waals surface area contributed by atoms with Crippen molar-refractivity contribution in [1.29, 1.82) is 0 Å².